The molecular formula is C20H22N4O3. The first kappa shape index (κ1) is 17.5. The van der Waals surface area contributed by atoms with E-state index in [0.29, 0.717) is 25.4 Å². The van der Waals surface area contributed by atoms with Crippen LogP contribution in [0.5, 0.6) is 5.75 Å². The molecule has 0 amide bonds. The van der Waals surface area contributed by atoms with Crippen LogP contribution in [0.15, 0.2) is 24.5 Å². The van der Waals surface area contributed by atoms with E-state index in [1.165, 1.54) is 0 Å². The fraction of sp³-hybridized carbons (Fsp3) is 0.500. The summed E-state index contributed by atoms with van der Waals surface area (Å²) in [4.78, 5) is 3.94. The Bertz CT molecular complexity index is 821. The van der Waals surface area contributed by atoms with Gasteiger partial charge in [0.15, 0.2) is 12.9 Å². The predicted octanol–water partition coefficient (Wildman–Crippen LogP) is 2.26. The van der Waals surface area contributed by atoms with E-state index in [4.69, 9.17) is 14.2 Å². The lowest BCUT2D eigenvalue weighted by Crippen LogP contribution is -2.34. The zero-order chi connectivity index (χ0) is 18.8. The second kappa shape index (κ2) is 7.38. The van der Waals surface area contributed by atoms with Crippen LogP contribution in [-0.2, 0) is 9.47 Å². The molecule has 0 unspecified atom stereocenters. The number of rotatable bonds is 6. The third-order valence-electron chi connectivity index (χ3n) is 5.24. The third-order valence-corrected chi connectivity index (χ3v) is 5.24. The second-order valence-corrected chi connectivity index (χ2v) is 7.16. The van der Waals surface area contributed by atoms with E-state index in [2.05, 4.69) is 17.2 Å². The van der Waals surface area contributed by atoms with Crippen molar-refractivity contribution in [2.75, 3.05) is 27.0 Å². The van der Waals surface area contributed by atoms with Crippen molar-refractivity contribution in [3.05, 3.63) is 35.6 Å². The Kier molecular flexibility index (Phi) is 4.79. The van der Waals surface area contributed by atoms with Crippen LogP contribution in [0.4, 0.5) is 0 Å². The number of nitriles is 2. The number of hydrogen-bond donors (Lipinski definition) is 0. The van der Waals surface area contributed by atoms with Crippen LogP contribution in [0.2, 0.25) is 0 Å². The molecular weight excluding hydrogens is 344 g/mol. The van der Waals surface area contributed by atoms with E-state index >= 15 is 0 Å². The molecule has 2 heterocycles. The first-order chi connectivity index (χ1) is 13.2. The maximum atomic E-state index is 9.43. The number of ether oxygens (including phenoxy) is 3. The van der Waals surface area contributed by atoms with Gasteiger partial charge in [-0.05, 0) is 37.5 Å². The van der Waals surface area contributed by atoms with Gasteiger partial charge in [0.25, 0.3) is 0 Å². The van der Waals surface area contributed by atoms with Gasteiger partial charge >= 0.3 is 0 Å². The quantitative estimate of drug-likeness (QED) is 0.714. The Hall–Kier alpha value is -2.90. The molecule has 1 aromatic carbocycles. The lowest BCUT2D eigenvalue weighted by Gasteiger charge is -2.27. The Morgan fingerprint density at radius 3 is 2.85 bits per heavy atom. The van der Waals surface area contributed by atoms with Crippen molar-refractivity contribution < 1.29 is 14.2 Å². The molecule has 0 radical (unpaired) electrons. The molecule has 27 heavy (non-hydrogen) atoms. The van der Waals surface area contributed by atoms with Crippen LogP contribution < -0.4 is 4.74 Å². The smallest absolute Gasteiger partial charge is 0.179 e. The normalized spacial score (nSPS) is 24.2. The Labute approximate surface area is 158 Å². The summed E-state index contributed by atoms with van der Waals surface area (Å²) in [5, 5.41) is 18.7. The molecule has 7 nitrogen and oxygen atoms in total. The number of likely N-dealkylation sites (tertiary alicyclic amines) is 1. The summed E-state index contributed by atoms with van der Waals surface area (Å²) in [6, 6.07) is 7.91. The van der Waals surface area contributed by atoms with Crippen LogP contribution >= 0.6 is 0 Å². The van der Waals surface area contributed by atoms with Gasteiger partial charge in [0.05, 0.1) is 42.1 Å². The van der Waals surface area contributed by atoms with E-state index in [9.17, 15) is 10.5 Å². The van der Waals surface area contributed by atoms with Crippen molar-refractivity contribution in [2.24, 2.45) is 0 Å². The SMILES string of the molecule is COC[C@@H]1C[C@@H](N2COC=C2c2cc(C#N)ccc2OC2CC2)CN1C#N. The molecule has 3 aliphatic rings. The number of hydrogen-bond acceptors (Lipinski definition) is 7. The van der Waals surface area contributed by atoms with Gasteiger partial charge in [0.1, 0.15) is 12.0 Å². The molecule has 0 aromatic heterocycles. The van der Waals surface area contributed by atoms with Gasteiger partial charge in [0.2, 0.25) is 0 Å². The predicted molar refractivity (Wildman–Crippen MR) is 97.0 cm³/mol. The van der Waals surface area contributed by atoms with E-state index in [0.717, 1.165) is 36.3 Å². The van der Waals surface area contributed by atoms with Crippen molar-refractivity contribution in [1.82, 2.24) is 9.80 Å². The molecule has 0 N–H and O–H groups in total. The zero-order valence-electron chi connectivity index (χ0n) is 15.3. The minimum absolute atomic E-state index is 0.0690. The van der Waals surface area contributed by atoms with Gasteiger partial charge in [-0.3, -0.25) is 0 Å². The number of nitrogens with zero attached hydrogens (tertiary/aromatic N) is 4. The van der Waals surface area contributed by atoms with E-state index < -0.39 is 0 Å². The van der Waals surface area contributed by atoms with Crippen LogP contribution in [0.1, 0.15) is 30.4 Å². The highest BCUT2D eigenvalue weighted by molar-refractivity contribution is 5.71. The lowest BCUT2D eigenvalue weighted by atomic mass is 10.0. The summed E-state index contributed by atoms with van der Waals surface area (Å²) >= 11 is 0. The Balaban J connectivity index is 1.60. The average molecular weight is 366 g/mol. The Morgan fingerprint density at radius 2 is 2.15 bits per heavy atom. The van der Waals surface area contributed by atoms with E-state index in [1.807, 2.05) is 12.1 Å². The minimum atomic E-state index is 0.0690. The number of benzene rings is 1. The molecule has 2 aliphatic heterocycles. The molecule has 0 spiro atoms. The van der Waals surface area contributed by atoms with Gasteiger partial charge in [-0.1, -0.05) is 0 Å². The molecule has 7 heteroatoms. The lowest BCUT2D eigenvalue weighted by molar-refractivity contribution is 0.137. The maximum Gasteiger partial charge on any atom is 0.179 e. The van der Waals surface area contributed by atoms with Crippen molar-refractivity contribution in [3.63, 3.8) is 0 Å². The molecule has 1 aliphatic carbocycles. The molecule has 1 aromatic rings. The largest absolute Gasteiger partial charge is 0.490 e. The minimum Gasteiger partial charge on any atom is -0.490 e. The van der Waals surface area contributed by atoms with Crippen molar-refractivity contribution in [1.29, 1.82) is 10.5 Å². The van der Waals surface area contributed by atoms with Crippen molar-refractivity contribution in [3.8, 4) is 18.0 Å². The molecule has 1 saturated heterocycles. The summed E-state index contributed by atoms with van der Waals surface area (Å²) in [7, 11) is 1.65. The van der Waals surface area contributed by atoms with Gasteiger partial charge in [-0.2, -0.15) is 10.5 Å². The highest BCUT2D eigenvalue weighted by atomic mass is 16.5. The van der Waals surface area contributed by atoms with Gasteiger partial charge in [-0.15, -0.1) is 0 Å². The summed E-state index contributed by atoms with van der Waals surface area (Å²) in [6.45, 7) is 1.58. The monoisotopic (exact) mass is 366 g/mol. The first-order valence-electron chi connectivity index (χ1n) is 9.18. The van der Waals surface area contributed by atoms with E-state index in [-0.39, 0.29) is 18.2 Å². The highest BCUT2D eigenvalue weighted by Crippen LogP contribution is 2.38. The summed E-state index contributed by atoms with van der Waals surface area (Å²) in [5.41, 5.74) is 2.36. The van der Waals surface area contributed by atoms with Gasteiger partial charge < -0.3 is 24.0 Å². The summed E-state index contributed by atoms with van der Waals surface area (Å²) in [5.74, 6) is 0.779. The fourth-order valence-electron chi connectivity index (χ4n) is 3.71. The molecule has 2 atom stereocenters. The van der Waals surface area contributed by atoms with Crippen molar-refractivity contribution >= 4 is 5.70 Å². The van der Waals surface area contributed by atoms with Crippen molar-refractivity contribution in [2.45, 2.75) is 37.5 Å². The van der Waals surface area contributed by atoms with Gasteiger partial charge in [-0.25, -0.2) is 0 Å². The molecule has 1 saturated carbocycles. The number of methoxy groups -OCH3 is 1. The molecule has 2 fully saturated rings. The van der Waals surface area contributed by atoms with E-state index in [1.54, 1.807) is 24.3 Å². The van der Waals surface area contributed by atoms with Crippen LogP contribution in [0.25, 0.3) is 5.70 Å². The molecule has 0 bridgehead atoms. The van der Waals surface area contributed by atoms with Gasteiger partial charge in [0, 0.05) is 19.2 Å². The maximum absolute atomic E-state index is 9.43. The molecule has 140 valence electrons. The third kappa shape index (κ3) is 3.51. The second-order valence-electron chi connectivity index (χ2n) is 7.16. The first-order valence-corrected chi connectivity index (χ1v) is 9.18. The zero-order valence-corrected chi connectivity index (χ0v) is 15.3. The Morgan fingerprint density at radius 1 is 1.30 bits per heavy atom. The summed E-state index contributed by atoms with van der Waals surface area (Å²) in [6.07, 6.45) is 7.22. The topological polar surface area (TPSA) is 81.8 Å². The molecule has 4 rings (SSSR count). The fourth-order valence-corrected chi connectivity index (χ4v) is 3.71. The van der Waals surface area contributed by atoms with Crippen LogP contribution in [0, 0.1) is 22.8 Å². The van der Waals surface area contributed by atoms with Crippen LogP contribution in [-0.4, -0.2) is 55.0 Å². The standard InChI is InChI=1S/C20H22N4O3/c1-25-10-16-7-15(9-23(16)12-22)24-13-26-11-19(24)18-6-14(8-21)2-5-20(18)27-17-3-4-17/h2,5-6,11,15-17H,3-4,7,9-10,13H2,1H3/t15-,16+/m1/s1. The average Bonchev–Trinajstić information content (AvgIpc) is 3.21. The highest BCUT2D eigenvalue weighted by Gasteiger charge is 2.38. The summed E-state index contributed by atoms with van der Waals surface area (Å²) < 4.78 is 17.0. The van der Waals surface area contributed by atoms with Crippen LogP contribution in [0.3, 0.4) is 0 Å².